The quantitative estimate of drug-likeness (QED) is 0.479. The number of methoxy groups -OCH3 is 1. The topological polar surface area (TPSA) is 79.5 Å². The molecule has 1 heterocycles. The molecule has 1 aliphatic rings. The third-order valence-corrected chi connectivity index (χ3v) is 6.22. The molecular weight excluding hydrogens is 467 g/mol. The van der Waals surface area contributed by atoms with Crippen LogP contribution in [0.1, 0.15) is 37.4 Å². The summed E-state index contributed by atoms with van der Waals surface area (Å²) in [5.41, 5.74) is -2.69. The van der Waals surface area contributed by atoms with Gasteiger partial charge in [-0.05, 0) is 53.1 Å². The van der Waals surface area contributed by atoms with E-state index in [0.717, 1.165) is 11.3 Å². The molecule has 2 unspecified atom stereocenters. The summed E-state index contributed by atoms with van der Waals surface area (Å²) < 4.78 is 43.0. The second kappa shape index (κ2) is 11.1. The van der Waals surface area contributed by atoms with Gasteiger partial charge in [0.05, 0.1) is 31.8 Å². The third kappa shape index (κ3) is 7.39. The Kier molecular flexibility index (Phi) is 8.48. The lowest BCUT2D eigenvalue weighted by molar-refractivity contribution is -0.132. The van der Waals surface area contributed by atoms with E-state index in [2.05, 4.69) is 16.0 Å². The standard InChI is InChI=1S/C24H28F3N3O3S/c1-14(2)22(16-6-10-18(11-7-16)34-24(25,26)27)30-23(32)19-13-21(31)29-20(28-19)12-15-4-8-17(33-3)9-5-15/h4-11,14,19-20,22,28H,12-13H2,1-3H3,(H,29,31)(H,30,32)/t19?,20?,22-/m1/s1. The van der Waals surface area contributed by atoms with E-state index in [0.29, 0.717) is 12.0 Å². The summed E-state index contributed by atoms with van der Waals surface area (Å²) in [5.74, 6) is 0.151. The lowest BCUT2D eigenvalue weighted by atomic mass is 9.95. The normalized spacial score (nSPS) is 19.4. The minimum absolute atomic E-state index is 0.00305. The number of hydrogen-bond donors (Lipinski definition) is 3. The van der Waals surface area contributed by atoms with E-state index in [1.54, 1.807) is 19.2 Å². The molecule has 1 fully saturated rings. The Labute approximate surface area is 201 Å². The molecule has 1 aliphatic heterocycles. The van der Waals surface area contributed by atoms with Crippen molar-refractivity contribution in [3.05, 3.63) is 59.7 Å². The molecule has 0 radical (unpaired) electrons. The van der Waals surface area contributed by atoms with Crippen molar-refractivity contribution < 1.29 is 27.5 Å². The molecule has 3 rings (SSSR count). The van der Waals surface area contributed by atoms with Crippen LogP contribution in [0.5, 0.6) is 5.75 Å². The van der Waals surface area contributed by atoms with Crippen molar-refractivity contribution in [1.29, 1.82) is 0 Å². The number of benzene rings is 2. The van der Waals surface area contributed by atoms with Crippen LogP contribution in [0.2, 0.25) is 0 Å². The molecule has 0 spiro atoms. The third-order valence-electron chi connectivity index (χ3n) is 5.48. The summed E-state index contributed by atoms with van der Waals surface area (Å²) in [6, 6.07) is 12.3. The zero-order valence-corrected chi connectivity index (χ0v) is 19.9. The van der Waals surface area contributed by atoms with Gasteiger partial charge in [0.25, 0.3) is 0 Å². The number of hydrogen-bond acceptors (Lipinski definition) is 5. The highest BCUT2D eigenvalue weighted by atomic mass is 32.2. The second-order valence-corrected chi connectivity index (χ2v) is 9.58. The van der Waals surface area contributed by atoms with Crippen LogP contribution < -0.4 is 20.7 Å². The van der Waals surface area contributed by atoms with Crippen LogP contribution in [0.25, 0.3) is 0 Å². The van der Waals surface area contributed by atoms with Crippen molar-refractivity contribution in [2.75, 3.05) is 7.11 Å². The van der Waals surface area contributed by atoms with Gasteiger partial charge in [0.1, 0.15) is 5.75 Å². The van der Waals surface area contributed by atoms with Gasteiger partial charge in [-0.15, -0.1) is 0 Å². The molecule has 0 aromatic heterocycles. The predicted octanol–water partition coefficient (Wildman–Crippen LogP) is 4.17. The lowest BCUT2D eigenvalue weighted by Crippen LogP contribution is -2.61. The smallest absolute Gasteiger partial charge is 0.446 e. The summed E-state index contributed by atoms with van der Waals surface area (Å²) in [7, 11) is 1.58. The highest BCUT2D eigenvalue weighted by molar-refractivity contribution is 8.00. The zero-order valence-electron chi connectivity index (χ0n) is 19.1. The van der Waals surface area contributed by atoms with Crippen molar-refractivity contribution in [1.82, 2.24) is 16.0 Å². The Bertz CT molecular complexity index is 982. The van der Waals surface area contributed by atoms with Gasteiger partial charge in [-0.25, -0.2) is 0 Å². The van der Waals surface area contributed by atoms with Crippen molar-refractivity contribution in [2.24, 2.45) is 5.92 Å². The Hall–Kier alpha value is -2.72. The average molecular weight is 496 g/mol. The number of amides is 2. The molecule has 0 aliphatic carbocycles. The molecule has 0 saturated carbocycles. The Morgan fingerprint density at radius 1 is 1.15 bits per heavy atom. The van der Waals surface area contributed by atoms with Gasteiger partial charge in [-0.3, -0.25) is 14.9 Å². The molecule has 3 atom stereocenters. The van der Waals surface area contributed by atoms with Crippen molar-refractivity contribution >= 4 is 23.6 Å². The number of thioether (sulfide) groups is 1. The van der Waals surface area contributed by atoms with Crippen molar-refractivity contribution in [3.8, 4) is 5.75 Å². The van der Waals surface area contributed by atoms with Gasteiger partial charge in [0.2, 0.25) is 11.8 Å². The highest BCUT2D eigenvalue weighted by Crippen LogP contribution is 2.37. The first-order valence-corrected chi connectivity index (χ1v) is 11.7. The number of carbonyl (C=O) groups excluding carboxylic acids is 2. The predicted molar refractivity (Wildman–Crippen MR) is 124 cm³/mol. The van der Waals surface area contributed by atoms with Crippen LogP contribution in [0.3, 0.4) is 0 Å². The van der Waals surface area contributed by atoms with Gasteiger partial charge in [-0.1, -0.05) is 38.1 Å². The first-order chi connectivity index (χ1) is 16.0. The molecule has 1 saturated heterocycles. The summed E-state index contributed by atoms with van der Waals surface area (Å²) in [4.78, 5) is 25.4. The van der Waals surface area contributed by atoms with E-state index < -0.39 is 23.8 Å². The number of rotatable bonds is 8. The lowest BCUT2D eigenvalue weighted by Gasteiger charge is -2.33. The van der Waals surface area contributed by atoms with Crippen molar-refractivity contribution in [3.63, 3.8) is 0 Å². The molecule has 6 nitrogen and oxygen atoms in total. The Balaban J connectivity index is 1.65. The maximum absolute atomic E-state index is 13.0. The maximum atomic E-state index is 13.0. The van der Waals surface area contributed by atoms with Crippen molar-refractivity contribution in [2.45, 2.75) is 55.3 Å². The molecule has 184 valence electrons. The number of nitrogens with one attached hydrogen (secondary N) is 3. The van der Waals surface area contributed by atoms with Crippen LogP contribution in [0.4, 0.5) is 13.2 Å². The first kappa shape index (κ1) is 25.9. The number of ether oxygens (including phenoxy) is 1. The first-order valence-electron chi connectivity index (χ1n) is 10.9. The van der Waals surface area contributed by atoms with E-state index in [4.69, 9.17) is 4.74 Å². The van der Waals surface area contributed by atoms with E-state index in [-0.39, 0.29) is 40.8 Å². The summed E-state index contributed by atoms with van der Waals surface area (Å²) in [5, 5.41) is 9.01. The molecule has 2 aromatic rings. The molecular formula is C24H28F3N3O3S. The summed E-state index contributed by atoms with van der Waals surface area (Å²) >= 11 is -0.180. The number of carbonyl (C=O) groups is 2. The van der Waals surface area contributed by atoms with Crippen LogP contribution >= 0.6 is 11.8 Å². The van der Waals surface area contributed by atoms with Crippen LogP contribution in [0, 0.1) is 5.92 Å². The SMILES string of the molecule is COc1ccc(CC2NC(=O)CC(C(=O)N[C@@H](c3ccc(SC(F)(F)F)cc3)C(C)C)N2)cc1. The van der Waals surface area contributed by atoms with E-state index in [9.17, 15) is 22.8 Å². The second-order valence-electron chi connectivity index (χ2n) is 8.44. The maximum Gasteiger partial charge on any atom is 0.446 e. The summed E-state index contributed by atoms with van der Waals surface area (Å²) in [6.45, 7) is 3.83. The van der Waals surface area contributed by atoms with Gasteiger partial charge in [-0.2, -0.15) is 13.2 Å². The number of halogens is 3. The van der Waals surface area contributed by atoms with Gasteiger partial charge in [0.15, 0.2) is 0 Å². The monoisotopic (exact) mass is 495 g/mol. The average Bonchev–Trinajstić information content (AvgIpc) is 2.77. The molecule has 34 heavy (non-hydrogen) atoms. The fourth-order valence-electron chi connectivity index (χ4n) is 3.82. The Morgan fingerprint density at radius 2 is 1.79 bits per heavy atom. The highest BCUT2D eigenvalue weighted by Gasteiger charge is 2.33. The van der Waals surface area contributed by atoms with Crippen LogP contribution in [-0.2, 0) is 16.0 Å². The van der Waals surface area contributed by atoms with Gasteiger partial charge < -0.3 is 15.4 Å². The molecule has 2 aromatic carbocycles. The summed E-state index contributed by atoms with van der Waals surface area (Å²) in [6.07, 6.45) is 0.0733. The molecule has 10 heteroatoms. The fourth-order valence-corrected chi connectivity index (χ4v) is 4.36. The molecule has 3 N–H and O–H groups in total. The largest absolute Gasteiger partial charge is 0.497 e. The van der Waals surface area contributed by atoms with E-state index in [1.807, 2.05) is 38.1 Å². The molecule has 2 amide bonds. The molecule has 0 bridgehead atoms. The minimum Gasteiger partial charge on any atom is -0.497 e. The van der Waals surface area contributed by atoms with E-state index >= 15 is 0 Å². The zero-order chi connectivity index (χ0) is 24.9. The van der Waals surface area contributed by atoms with Crippen LogP contribution in [0.15, 0.2) is 53.4 Å². The minimum atomic E-state index is -4.36. The fraction of sp³-hybridized carbons (Fsp3) is 0.417. The van der Waals surface area contributed by atoms with Crippen LogP contribution in [-0.4, -0.2) is 36.6 Å². The van der Waals surface area contributed by atoms with Gasteiger partial charge >= 0.3 is 5.51 Å². The number of alkyl halides is 3. The van der Waals surface area contributed by atoms with Gasteiger partial charge in [0, 0.05) is 11.3 Å². The van der Waals surface area contributed by atoms with E-state index in [1.165, 1.54) is 12.1 Å². The Morgan fingerprint density at radius 3 is 2.35 bits per heavy atom.